The standard InChI is InChI=1S/C18H22F3N3O/c1-3-4-10-24-16(8-9-22-24)23-17(25)13(2)11-14-6-5-7-15(12-14)18(19,20)21/h5-9,12-13H,3-4,10-11H2,1-2H3,(H,23,25). The molecule has 4 nitrogen and oxygen atoms in total. The third-order valence-electron chi connectivity index (χ3n) is 3.94. The summed E-state index contributed by atoms with van der Waals surface area (Å²) >= 11 is 0. The van der Waals surface area contributed by atoms with Crippen molar-refractivity contribution >= 4 is 11.7 Å². The summed E-state index contributed by atoms with van der Waals surface area (Å²) in [6, 6.07) is 6.80. The molecule has 136 valence electrons. The topological polar surface area (TPSA) is 46.9 Å². The van der Waals surface area contributed by atoms with Crippen LogP contribution in [0.2, 0.25) is 0 Å². The minimum absolute atomic E-state index is 0.235. The highest BCUT2D eigenvalue weighted by Gasteiger charge is 2.30. The number of unbranched alkanes of at least 4 members (excludes halogenated alkanes) is 1. The highest BCUT2D eigenvalue weighted by atomic mass is 19.4. The van der Waals surface area contributed by atoms with Crippen molar-refractivity contribution in [3.63, 3.8) is 0 Å². The number of aryl methyl sites for hydroxylation is 1. The maximum absolute atomic E-state index is 12.8. The van der Waals surface area contributed by atoms with Gasteiger partial charge in [0.2, 0.25) is 5.91 Å². The lowest BCUT2D eigenvalue weighted by atomic mass is 9.98. The Balaban J connectivity index is 2.00. The number of alkyl halides is 3. The van der Waals surface area contributed by atoms with E-state index < -0.39 is 17.7 Å². The molecule has 0 aliphatic rings. The summed E-state index contributed by atoms with van der Waals surface area (Å²) in [7, 11) is 0. The van der Waals surface area contributed by atoms with Crippen molar-refractivity contribution in [3.05, 3.63) is 47.7 Å². The third-order valence-corrected chi connectivity index (χ3v) is 3.94. The molecular formula is C18H22F3N3O. The van der Waals surface area contributed by atoms with E-state index in [9.17, 15) is 18.0 Å². The predicted octanol–water partition coefficient (Wildman–Crippen LogP) is 4.52. The molecule has 0 aliphatic carbocycles. The van der Waals surface area contributed by atoms with Crippen LogP contribution in [0, 0.1) is 5.92 Å². The second-order valence-electron chi connectivity index (χ2n) is 6.09. The van der Waals surface area contributed by atoms with Gasteiger partial charge in [-0.3, -0.25) is 4.79 Å². The Morgan fingerprint density at radius 3 is 2.76 bits per heavy atom. The van der Waals surface area contributed by atoms with Crippen LogP contribution in [-0.4, -0.2) is 15.7 Å². The van der Waals surface area contributed by atoms with Gasteiger partial charge >= 0.3 is 6.18 Å². The predicted molar refractivity (Wildman–Crippen MR) is 90.1 cm³/mol. The van der Waals surface area contributed by atoms with Crippen molar-refractivity contribution in [2.24, 2.45) is 5.92 Å². The van der Waals surface area contributed by atoms with E-state index in [1.54, 1.807) is 29.9 Å². The zero-order chi connectivity index (χ0) is 18.4. The van der Waals surface area contributed by atoms with Gasteiger partial charge < -0.3 is 5.32 Å². The molecule has 1 N–H and O–H groups in total. The van der Waals surface area contributed by atoms with Gasteiger partial charge in [-0.05, 0) is 24.5 Å². The minimum atomic E-state index is -4.38. The van der Waals surface area contributed by atoms with Crippen LogP contribution in [0.1, 0.15) is 37.8 Å². The third kappa shape index (κ3) is 5.34. The van der Waals surface area contributed by atoms with Crippen LogP contribution in [-0.2, 0) is 23.9 Å². The molecule has 0 bridgehead atoms. The molecule has 7 heteroatoms. The van der Waals surface area contributed by atoms with Crippen molar-refractivity contribution in [2.45, 2.75) is 45.8 Å². The first-order valence-corrected chi connectivity index (χ1v) is 8.30. The van der Waals surface area contributed by atoms with Crippen LogP contribution in [0.25, 0.3) is 0 Å². The Hall–Kier alpha value is -2.31. The highest BCUT2D eigenvalue weighted by molar-refractivity contribution is 5.91. The molecule has 1 atom stereocenters. The van der Waals surface area contributed by atoms with E-state index in [0.717, 1.165) is 25.0 Å². The van der Waals surface area contributed by atoms with E-state index in [2.05, 4.69) is 17.3 Å². The summed E-state index contributed by atoms with van der Waals surface area (Å²) in [5.41, 5.74) is -0.216. The van der Waals surface area contributed by atoms with Crippen molar-refractivity contribution in [1.82, 2.24) is 9.78 Å². The number of anilines is 1. The van der Waals surface area contributed by atoms with E-state index in [1.807, 2.05) is 0 Å². The number of rotatable bonds is 7. The number of benzene rings is 1. The number of hydrogen-bond donors (Lipinski definition) is 1. The number of hydrogen-bond acceptors (Lipinski definition) is 2. The van der Waals surface area contributed by atoms with E-state index in [-0.39, 0.29) is 12.3 Å². The number of carbonyl (C=O) groups is 1. The first-order valence-electron chi connectivity index (χ1n) is 8.30. The van der Waals surface area contributed by atoms with Gasteiger partial charge in [-0.2, -0.15) is 18.3 Å². The van der Waals surface area contributed by atoms with Gasteiger partial charge in [-0.25, -0.2) is 4.68 Å². The first-order chi connectivity index (χ1) is 11.8. The minimum Gasteiger partial charge on any atom is -0.311 e. The number of nitrogens with one attached hydrogen (secondary N) is 1. The lowest BCUT2D eigenvalue weighted by molar-refractivity contribution is -0.137. The largest absolute Gasteiger partial charge is 0.416 e. The van der Waals surface area contributed by atoms with E-state index in [0.29, 0.717) is 17.9 Å². The fraction of sp³-hybridized carbons (Fsp3) is 0.444. The van der Waals surface area contributed by atoms with Gasteiger partial charge in [0.05, 0.1) is 11.8 Å². The molecule has 0 saturated carbocycles. The number of nitrogens with zero attached hydrogens (tertiary/aromatic N) is 2. The number of carbonyl (C=O) groups excluding carboxylic acids is 1. The molecule has 0 saturated heterocycles. The molecule has 1 aromatic heterocycles. The lowest BCUT2D eigenvalue weighted by Crippen LogP contribution is -2.24. The average molecular weight is 353 g/mol. The molecule has 1 amide bonds. The Bertz CT molecular complexity index is 710. The second-order valence-corrected chi connectivity index (χ2v) is 6.09. The Morgan fingerprint density at radius 2 is 2.08 bits per heavy atom. The number of halogens is 3. The van der Waals surface area contributed by atoms with Crippen LogP contribution in [0.5, 0.6) is 0 Å². The summed E-state index contributed by atoms with van der Waals surface area (Å²) in [6.45, 7) is 4.47. The van der Waals surface area contributed by atoms with Crippen LogP contribution >= 0.6 is 0 Å². The molecule has 1 heterocycles. The van der Waals surface area contributed by atoms with Gasteiger partial charge in [0.15, 0.2) is 0 Å². The summed E-state index contributed by atoms with van der Waals surface area (Å²) in [4.78, 5) is 12.3. The van der Waals surface area contributed by atoms with E-state index >= 15 is 0 Å². The molecule has 1 aromatic carbocycles. The van der Waals surface area contributed by atoms with Crippen molar-refractivity contribution in [3.8, 4) is 0 Å². The molecule has 2 aromatic rings. The Morgan fingerprint density at radius 1 is 1.32 bits per heavy atom. The van der Waals surface area contributed by atoms with E-state index in [1.165, 1.54) is 6.07 Å². The summed E-state index contributed by atoms with van der Waals surface area (Å²) in [5, 5.41) is 6.97. The summed E-state index contributed by atoms with van der Waals surface area (Å²) in [5.74, 6) is -0.0944. The molecule has 2 rings (SSSR count). The summed E-state index contributed by atoms with van der Waals surface area (Å²) in [6.07, 6.45) is -0.571. The quantitative estimate of drug-likeness (QED) is 0.795. The maximum Gasteiger partial charge on any atom is 0.416 e. The second kappa shape index (κ2) is 8.18. The van der Waals surface area contributed by atoms with Crippen LogP contribution in [0.4, 0.5) is 19.0 Å². The van der Waals surface area contributed by atoms with E-state index in [4.69, 9.17) is 0 Å². The molecule has 0 radical (unpaired) electrons. The lowest BCUT2D eigenvalue weighted by Gasteiger charge is -2.14. The number of aromatic nitrogens is 2. The van der Waals surface area contributed by atoms with Gasteiger partial charge in [0, 0.05) is 18.5 Å². The fourth-order valence-corrected chi connectivity index (χ4v) is 2.50. The van der Waals surface area contributed by atoms with Gasteiger partial charge in [0.25, 0.3) is 0 Å². The molecule has 0 fully saturated rings. The molecule has 1 unspecified atom stereocenters. The molecular weight excluding hydrogens is 331 g/mol. The van der Waals surface area contributed by atoms with Crippen molar-refractivity contribution in [2.75, 3.05) is 5.32 Å². The molecule has 0 aliphatic heterocycles. The van der Waals surface area contributed by atoms with Crippen LogP contribution < -0.4 is 5.32 Å². The highest BCUT2D eigenvalue weighted by Crippen LogP contribution is 2.30. The van der Waals surface area contributed by atoms with Crippen molar-refractivity contribution in [1.29, 1.82) is 0 Å². The van der Waals surface area contributed by atoms with Gasteiger partial charge in [-0.1, -0.05) is 38.5 Å². The monoisotopic (exact) mass is 353 g/mol. The Labute approximate surface area is 145 Å². The Kier molecular flexibility index (Phi) is 6.22. The van der Waals surface area contributed by atoms with Gasteiger partial charge in [-0.15, -0.1) is 0 Å². The normalized spacial score (nSPS) is 12.8. The van der Waals surface area contributed by atoms with Crippen LogP contribution in [0.3, 0.4) is 0 Å². The zero-order valence-corrected chi connectivity index (χ0v) is 14.3. The van der Waals surface area contributed by atoms with Crippen LogP contribution in [0.15, 0.2) is 36.5 Å². The van der Waals surface area contributed by atoms with Crippen molar-refractivity contribution < 1.29 is 18.0 Å². The summed E-state index contributed by atoms with van der Waals surface area (Å²) < 4.78 is 40.0. The molecule has 0 spiro atoms. The number of amides is 1. The first kappa shape index (κ1) is 19.0. The average Bonchev–Trinajstić information content (AvgIpc) is 2.99. The molecule has 25 heavy (non-hydrogen) atoms. The zero-order valence-electron chi connectivity index (χ0n) is 14.3. The smallest absolute Gasteiger partial charge is 0.311 e. The van der Waals surface area contributed by atoms with Gasteiger partial charge in [0.1, 0.15) is 5.82 Å². The maximum atomic E-state index is 12.8. The fourth-order valence-electron chi connectivity index (χ4n) is 2.50. The SMILES string of the molecule is CCCCn1nccc1NC(=O)C(C)Cc1cccc(C(F)(F)F)c1.